The zero-order valence-corrected chi connectivity index (χ0v) is 9.90. The quantitative estimate of drug-likeness (QED) is 0.826. The first-order valence-corrected chi connectivity index (χ1v) is 5.73. The monoisotopic (exact) mass is 235 g/mol. The molecule has 1 atom stereocenters. The van der Waals surface area contributed by atoms with E-state index in [1.165, 1.54) is 0 Å². The van der Waals surface area contributed by atoms with Gasteiger partial charge in [-0.2, -0.15) is 0 Å². The average molecular weight is 235 g/mol. The number of hydrogen-bond acceptors (Lipinski definition) is 3. The number of benzene rings is 1. The summed E-state index contributed by atoms with van der Waals surface area (Å²) < 4.78 is 5.08. The number of rotatable bonds is 4. The van der Waals surface area contributed by atoms with E-state index in [1.54, 1.807) is 7.11 Å². The molecule has 4 nitrogen and oxygen atoms in total. The van der Waals surface area contributed by atoms with E-state index in [9.17, 15) is 9.90 Å². The van der Waals surface area contributed by atoms with Crippen molar-refractivity contribution in [1.82, 2.24) is 5.32 Å². The van der Waals surface area contributed by atoms with Crippen LogP contribution >= 0.6 is 0 Å². The number of hydrogen-bond donors (Lipinski definition) is 2. The van der Waals surface area contributed by atoms with Gasteiger partial charge in [0.25, 0.3) is 0 Å². The summed E-state index contributed by atoms with van der Waals surface area (Å²) in [6.45, 7) is 1.33. The van der Waals surface area contributed by atoms with Gasteiger partial charge in [0.2, 0.25) is 0 Å². The first-order chi connectivity index (χ1) is 8.16. The van der Waals surface area contributed by atoms with Crippen LogP contribution in [0.5, 0.6) is 5.75 Å². The highest BCUT2D eigenvalue weighted by atomic mass is 16.5. The van der Waals surface area contributed by atoms with Gasteiger partial charge in [-0.1, -0.05) is 12.1 Å². The summed E-state index contributed by atoms with van der Waals surface area (Å²) in [6, 6.07) is 7.60. The number of carbonyl (C=O) groups is 1. The van der Waals surface area contributed by atoms with Crippen molar-refractivity contribution in [1.29, 1.82) is 0 Å². The van der Waals surface area contributed by atoms with Crippen LogP contribution in [-0.2, 0) is 11.2 Å². The number of nitrogens with one attached hydrogen (secondary N) is 1. The molecule has 17 heavy (non-hydrogen) atoms. The highest BCUT2D eigenvalue weighted by Crippen LogP contribution is 2.30. The second-order valence-corrected chi connectivity index (χ2v) is 4.54. The van der Waals surface area contributed by atoms with Gasteiger partial charge in [-0.3, -0.25) is 4.79 Å². The smallest absolute Gasteiger partial charge is 0.311 e. The Labute approximate surface area is 101 Å². The third-order valence-corrected chi connectivity index (χ3v) is 3.40. The highest BCUT2D eigenvalue weighted by Gasteiger charge is 2.41. The number of methoxy groups -OCH3 is 1. The maximum Gasteiger partial charge on any atom is 0.311 e. The molecule has 1 aliphatic rings. The lowest BCUT2D eigenvalue weighted by Crippen LogP contribution is -2.35. The predicted molar refractivity (Wildman–Crippen MR) is 64.3 cm³/mol. The van der Waals surface area contributed by atoms with Crippen LogP contribution < -0.4 is 10.1 Å². The Kier molecular flexibility index (Phi) is 3.33. The number of ether oxygens (including phenoxy) is 1. The molecule has 1 heterocycles. The minimum atomic E-state index is -0.710. The van der Waals surface area contributed by atoms with Crippen LogP contribution in [0.3, 0.4) is 0 Å². The van der Waals surface area contributed by atoms with E-state index in [4.69, 9.17) is 4.74 Å². The molecule has 1 saturated heterocycles. The Morgan fingerprint density at radius 3 is 2.65 bits per heavy atom. The summed E-state index contributed by atoms with van der Waals surface area (Å²) in [5.74, 6) is 0.0842. The van der Waals surface area contributed by atoms with Crippen LogP contribution in [0.1, 0.15) is 12.0 Å². The highest BCUT2D eigenvalue weighted by molar-refractivity contribution is 5.76. The standard InChI is InChI=1S/C13H17NO3/c1-17-11-4-2-10(3-5-11)8-13(12(15)16)6-7-14-9-13/h2-5,14H,6-9H2,1H3,(H,15,16). The molecular weight excluding hydrogens is 218 g/mol. The molecule has 0 bridgehead atoms. The third kappa shape index (κ3) is 2.42. The molecule has 2 N–H and O–H groups in total. The summed E-state index contributed by atoms with van der Waals surface area (Å²) in [5, 5.41) is 12.5. The molecule has 0 aromatic heterocycles. The fourth-order valence-electron chi connectivity index (χ4n) is 2.29. The number of carboxylic acids is 1. The Morgan fingerprint density at radius 2 is 2.18 bits per heavy atom. The zero-order valence-electron chi connectivity index (χ0n) is 9.90. The van der Waals surface area contributed by atoms with E-state index in [0.29, 0.717) is 19.4 Å². The molecule has 1 fully saturated rings. The van der Waals surface area contributed by atoms with Crippen LogP contribution in [0.15, 0.2) is 24.3 Å². The minimum absolute atomic E-state index is 0.550. The van der Waals surface area contributed by atoms with Gasteiger partial charge in [-0.15, -0.1) is 0 Å². The van der Waals surface area contributed by atoms with E-state index in [-0.39, 0.29) is 0 Å². The van der Waals surface area contributed by atoms with Crippen LogP contribution in [-0.4, -0.2) is 31.3 Å². The van der Waals surface area contributed by atoms with E-state index in [2.05, 4.69) is 5.32 Å². The van der Waals surface area contributed by atoms with Gasteiger partial charge in [-0.05, 0) is 37.1 Å². The van der Waals surface area contributed by atoms with Crippen molar-refractivity contribution >= 4 is 5.97 Å². The van der Waals surface area contributed by atoms with Crippen LogP contribution in [0.2, 0.25) is 0 Å². The van der Waals surface area contributed by atoms with Crippen LogP contribution in [0.4, 0.5) is 0 Å². The first kappa shape index (κ1) is 11.9. The fourth-order valence-corrected chi connectivity index (χ4v) is 2.29. The largest absolute Gasteiger partial charge is 0.497 e. The molecule has 1 aliphatic heterocycles. The number of aliphatic carboxylic acids is 1. The predicted octanol–water partition coefficient (Wildman–Crippen LogP) is 1.30. The molecule has 2 rings (SSSR count). The Bertz CT molecular complexity index is 394. The van der Waals surface area contributed by atoms with Crippen molar-refractivity contribution in [2.75, 3.05) is 20.2 Å². The fraction of sp³-hybridized carbons (Fsp3) is 0.462. The SMILES string of the molecule is COc1ccc(CC2(C(=O)O)CCNC2)cc1. The lowest BCUT2D eigenvalue weighted by molar-refractivity contribution is -0.147. The normalized spacial score (nSPS) is 23.6. The van der Waals surface area contributed by atoms with Crippen LogP contribution in [0.25, 0.3) is 0 Å². The summed E-state index contributed by atoms with van der Waals surface area (Å²) in [4.78, 5) is 11.4. The average Bonchev–Trinajstić information content (AvgIpc) is 2.80. The second kappa shape index (κ2) is 4.75. The third-order valence-electron chi connectivity index (χ3n) is 3.40. The maximum atomic E-state index is 11.4. The Hall–Kier alpha value is -1.55. The lowest BCUT2D eigenvalue weighted by Gasteiger charge is -2.22. The Morgan fingerprint density at radius 1 is 1.47 bits per heavy atom. The zero-order chi connectivity index (χ0) is 12.3. The van der Waals surface area contributed by atoms with Gasteiger partial charge in [0.1, 0.15) is 5.75 Å². The van der Waals surface area contributed by atoms with Gasteiger partial charge in [0, 0.05) is 6.54 Å². The molecule has 4 heteroatoms. The topological polar surface area (TPSA) is 58.6 Å². The molecule has 0 radical (unpaired) electrons. The molecule has 1 unspecified atom stereocenters. The van der Waals surface area contributed by atoms with E-state index < -0.39 is 11.4 Å². The molecule has 1 aromatic rings. The summed E-state index contributed by atoms with van der Waals surface area (Å²) >= 11 is 0. The van der Waals surface area contributed by atoms with E-state index in [0.717, 1.165) is 17.9 Å². The van der Waals surface area contributed by atoms with Gasteiger partial charge >= 0.3 is 5.97 Å². The van der Waals surface area contributed by atoms with Gasteiger partial charge in [-0.25, -0.2) is 0 Å². The molecule has 92 valence electrons. The first-order valence-electron chi connectivity index (χ1n) is 5.73. The van der Waals surface area contributed by atoms with Crippen LogP contribution in [0, 0.1) is 5.41 Å². The summed E-state index contributed by atoms with van der Waals surface area (Å²) in [7, 11) is 1.62. The molecule has 0 aliphatic carbocycles. The van der Waals surface area contributed by atoms with Gasteiger partial charge < -0.3 is 15.2 Å². The molecule has 0 amide bonds. The van der Waals surface area contributed by atoms with E-state index in [1.807, 2.05) is 24.3 Å². The van der Waals surface area contributed by atoms with Crippen molar-refractivity contribution in [3.63, 3.8) is 0 Å². The lowest BCUT2D eigenvalue weighted by atomic mass is 9.81. The van der Waals surface area contributed by atoms with Crippen molar-refractivity contribution in [3.05, 3.63) is 29.8 Å². The van der Waals surface area contributed by atoms with E-state index >= 15 is 0 Å². The molecule has 0 saturated carbocycles. The number of carboxylic acid groups (broad SMARTS) is 1. The molecule has 0 spiro atoms. The van der Waals surface area contributed by atoms with Gasteiger partial charge in [0.15, 0.2) is 0 Å². The summed E-state index contributed by atoms with van der Waals surface area (Å²) in [5.41, 5.74) is 0.395. The molecule has 1 aromatic carbocycles. The van der Waals surface area contributed by atoms with Gasteiger partial charge in [0.05, 0.1) is 12.5 Å². The minimum Gasteiger partial charge on any atom is -0.497 e. The second-order valence-electron chi connectivity index (χ2n) is 4.54. The molecular formula is C13H17NO3. The van der Waals surface area contributed by atoms with Crippen molar-refractivity contribution in [2.45, 2.75) is 12.8 Å². The van der Waals surface area contributed by atoms with Crippen molar-refractivity contribution in [3.8, 4) is 5.75 Å². The van der Waals surface area contributed by atoms with Crippen molar-refractivity contribution < 1.29 is 14.6 Å². The maximum absolute atomic E-state index is 11.4. The summed E-state index contributed by atoms with van der Waals surface area (Å²) in [6.07, 6.45) is 1.26. The van der Waals surface area contributed by atoms with Crippen molar-refractivity contribution in [2.24, 2.45) is 5.41 Å². The Balaban J connectivity index is 2.15.